The van der Waals surface area contributed by atoms with Crippen LogP contribution in [0.4, 0.5) is 14.5 Å². The molecule has 0 atom stereocenters. The summed E-state index contributed by atoms with van der Waals surface area (Å²) in [6.45, 7) is 5.26. The lowest BCUT2D eigenvalue weighted by atomic mass is 10.1. The van der Waals surface area contributed by atoms with Crippen LogP contribution in [0.1, 0.15) is 74.7 Å². The smallest absolute Gasteiger partial charge is 0.260 e. The molecule has 0 radical (unpaired) electrons. The molecular formula is C27H34F2N2O2. The molecule has 0 bridgehead atoms. The van der Waals surface area contributed by atoms with Gasteiger partial charge in [0.25, 0.3) is 5.91 Å². The molecule has 0 aromatic heterocycles. The quantitative estimate of drug-likeness (QED) is 0.541. The van der Waals surface area contributed by atoms with Gasteiger partial charge in [0.2, 0.25) is 5.91 Å². The molecule has 0 saturated carbocycles. The van der Waals surface area contributed by atoms with Gasteiger partial charge >= 0.3 is 0 Å². The number of fused-ring (bicyclic) bond motifs is 1. The summed E-state index contributed by atoms with van der Waals surface area (Å²) in [6.07, 6.45) is 6.20. The number of nitrogens with zero attached hydrogens (tertiary/aromatic N) is 2. The van der Waals surface area contributed by atoms with Crippen molar-refractivity contribution in [3.63, 3.8) is 0 Å². The Kier molecular flexibility index (Phi) is 8.98. The van der Waals surface area contributed by atoms with Gasteiger partial charge in [-0.1, -0.05) is 63.8 Å². The molecule has 6 heteroatoms. The van der Waals surface area contributed by atoms with Crippen LogP contribution in [0.5, 0.6) is 0 Å². The van der Waals surface area contributed by atoms with Gasteiger partial charge < -0.3 is 9.80 Å². The van der Waals surface area contributed by atoms with Gasteiger partial charge in [-0.2, -0.15) is 0 Å². The number of carbonyl (C=O) groups is 2. The van der Waals surface area contributed by atoms with E-state index in [0.717, 1.165) is 61.9 Å². The maximum atomic E-state index is 14.4. The minimum absolute atomic E-state index is 0.0605. The number of benzene rings is 2. The molecule has 2 aromatic rings. The topological polar surface area (TPSA) is 40.6 Å². The second kappa shape index (κ2) is 11.9. The number of anilines is 1. The highest BCUT2D eigenvalue weighted by Gasteiger charge is 2.26. The first-order chi connectivity index (χ1) is 15.9. The van der Waals surface area contributed by atoms with Crippen molar-refractivity contribution >= 4 is 17.5 Å². The van der Waals surface area contributed by atoms with Crippen LogP contribution in [-0.4, -0.2) is 29.8 Å². The summed E-state index contributed by atoms with van der Waals surface area (Å²) in [7, 11) is 0. The van der Waals surface area contributed by atoms with Gasteiger partial charge in [0, 0.05) is 31.7 Å². The van der Waals surface area contributed by atoms with Gasteiger partial charge in [-0.05, 0) is 42.5 Å². The van der Waals surface area contributed by atoms with Crippen LogP contribution in [-0.2, 0) is 11.3 Å². The molecule has 2 amide bonds. The van der Waals surface area contributed by atoms with Gasteiger partial charge in [0.05, 0.1) is 0 Å². The molecule has 0 fully saturated rings. The fraction of sp³-hybridized carbons (Fsp3) is 0.481. The third-order valence-corrected chi connectivity index (χ3v) is 6.05. The van der Waals surface area contributed by atoms with E-state index in [0.29, 0.717) is 19.5 Å². The minimum Gasteiger partial charge on any atom is -0.334 e. The molecule has 0 aliphatic carbocycles. The summed E-state index contributed by atoms with van der Waals surface area (Å²) >= 11 is 0. The Morgan fingerprint density at radius 3 is 2.12 bits per heavy atom. The second-order valence-corrected chi connectivity index (χ2v) is 9.22. The van der Waals surface area contributed by atoms with Crippen molar-refractivity contribution in [2.75, 3.05) is 18.0 Å². The summed E-state index contributed by atoms with van der Waals surface area (Å²) in [5.74, 6) is -2.08. The Morgan fingerprint density at radius 1 is 0.848 bits per heavy atom. The first-order valence-electron chi connectivity index (χ1n) is 12.0. The Morgan fingerprint density at radius 2 is 1.45 bits per heavy atom. The van der Waals surface area contributed by atoms with Crippen LogP contribution in [0.2, 0.25) is 0 Å². The lowest BCUT2D eigenvalue weighted by molar-refractivity contribution is -0.119. The molecule has 2 aromatic carbocycles. The van der Waals surface area contributed by atoms with Gasteiger partial charge in [0.1, 0.15) is 17.2 Å². The monoisotopic (exact) mass is 456 g/mol. The normalized spacial score (nSPS) is 15.9. The molecule has 3 rings (SSSR count). The molecule has 178 valence electrons. The average Bonchev–Trinajstić information content (AvgIpc) is 2.78. The standard InChI is InChI=1S/C27H34F2N2O2/c1-20(2)18-25(32)31-17-10-6-4-3-5-9-16-30(19-21-12-7-8-15-24(21)31)27(33)26-22(28)13-11-14-23(26)29/h7-8,11-15,20H,3-6,9-10,16-19H2,1-2H3. The highest BCUT2D eigenvalue weighted by atomic mass is 19.1. The fourth-order valence-corrected chi connectivity index (χ4v) is 4.34. The van der Waals surface area contributed by atoms with Gasteiger partial charge in [-0.3, -0.25) is 9.59 Å². The van der Waals surface area contributed by atoms with Crippen molar-refractivity contribution < 1.29 is 18.4 Å². The van der Waals surface area contributed by atoms with E-state index >= 15 is 0 Å². The highest BCUT2D eigenvalue weighted by molar-refractivity contribution is 5.96. The van der Waals surface area contributed by atoms with Crippen molar-refractivity contribution in [1.82, 2.24) is 4.90 Å². The molecule has 0 unspecified atom stereocenters. The predicted octanol–water partition coefficient (Wildman–Crippen LogP) is 6.34. The van der Waals surface area contributed by atoms with Crippen LogP contribution in [0, 0.1) is 17.6 Å². The Bertz CT molecular complexity index is 941. The Labute approximate surface area is 195 Å². The zero-order valence-electron chi connectivity index (χ0n) is 19.7. The Hall–Kier alpha value is -2.76. The van der Waals surface area contributed by atoms with Crippen LogP contribution in [0.15, 0.2) is 42.5 Å². The van der Waals surface area contributed by atoms with Crippen molar-refractivity contribution in [1.29, 1.82) is 0 Å². The van der Waals surface area contributed by atoms with Crippen LogP contribution in [0.25, 0.3) is 0 Å². The number of amides is 2. The van der Waals surface area contributed by atoms with E-state index in [1.54, 1.807) is 0 Å². The summed E-state index contributed by atoms with van der Waals surface area (Å²) in [4.78, 5) is 29.7. The van der Waals surface area contributed by atoms with Gasteiger partial charge in [-0.25, -0.2) is 8.78 Å². The van der Waals surface area contributed by atoms with Gasteiger partial charge in [0.15, 0.2) is 0 Å². The SMILES string of the molecule is CC(C)CC(=O)N1CCCCCCCCN(C(=O)c2c(F)cccc2F)Cc2ccccc21. The van der Waals surface area contributed by atoms with E-state index < -0.39 is 23.1 Å². The van der Waals surface area contributed by atoms with Crippen molar-refractivity contribution in [2.24, 2.45) is 5.92 Å². The summed E-state index contributed by atoms with van der Waals surface area (Å²) < 4.78 is 28.8. The van der Waals surface area contributed by atoms with Crippen LogP contribution >= 0.6 is 0 Å². The largest absolute Gasteiger partial charge is 0.334 e. The number of para-hydroxylation sites is 1. The second-order valence-electron chi connectivity index (χ2n) is 9.22. The summed E-state index contributed by atoms with van der Waals surface area (Å²) in [6, 6.07) is 11.0. The van der Waals surface area contributed by atoms with E-state index in [4.69, 9.17) is 0 Å². The minimum atomic E-state index is -0.857. The first-order valence-corrected chi connectivity index (χ1v) is 12.0. The first kappa shape index (κ1) is 24.9. The maximum absolute atomic E-state index is 14.4. The summed E-state index contributed by atoms with van der Waals surface area (Å²) in [5.41, 5.74) is 1.06. The third kappa shape index (κ3) is 6.62. The molecule has 4 nitrogen and oxygen atoms in total. The van der Waals surface area contributed by atoms with Gasteiger partial charge in [-0.15, -0.1) is 0 Å². The lowest BCUT2D eigenvalue weighted by Crippen LogP contribution is -2.36. The highest BCUT2D eigenvalue weighted by Crippen LogP contribution is 2.27. The number of rotatable bonds is 3. The molecule has 0 N–H and O–H groups in total. The molecule has 33 heavy (non-hydrogen) atoms. The molecule has 0 spiro atoms. The molecule has 0 saturated heterocycles. The lowest BCUT2D eigenvalue weighted by Gasteiger charge is -2.29. The van der Waals surface area contributed by atoms with Crippen LogP contribution < -0.4 is 4.90 Å². The van der Waals surface area contributed by atoms with E-state index in [1.165, 1.54) is 11.0 Å². The molecule has 1 aliphatic heterocycles. The third-order valence-electron chi connectivity index (χ3n) is 6.05. The predicted molar refractivity (Wildman–Crippen MR) is 127 cm³/mol. The van der Waals surface area contributed by atoms with Crippen molar-refractivity contribution in [3.8, 4) is 0 Å². The summed E-state index contributed by atoms with van der Waals surface area (Å²) in [5, 5.41) is 0. The molecule has 1 heterocycles. The van der Waals surface area contributed by atoms with Crippen molar-refractivity contribution in [2.45, 2.75) is 65.3 Å². The average molecular weight is 457 g/mol. The van der Waals surface area contributed by atoms with E-state index in [9.17, 15) is 18.4 Å². The molecule has 1 aliphatic rings. The van der Waals surface area contributed by atoms with E-state index in [1.807, 2.05) is 43.0 Å². The zero-order chi connectivity index (χ0) is 23.8. The fourth-order valence-electron chi connectivity index (χ4n) is 4.34. The number of halogens is 2. The van der Waals surface area contributed by atoms with E-state index in [-0.39, 0.29) is 18.4 Å². The van der Waals surface area contributed by atoms with Crippen molar-refractivity contribution in [3.05, 3.63) is 65.2 Å². The van der Waals surface area contributed by atoms with Crippen LogP contribution in [0.3, 0.4) is 0 Å². The Balaban J connectivity index is 1.98. The van der Waals surface area contributed by atoms with E-state index in [2.05, 4.69) is 0 Å². The zero-order valence-corrected chi connectivity index (χ0v) is 19.7. The number of carbonyl (C=O) groups excluding carboxylic acids is 2. The number of hydrogen-bond donors (Lipinski definition) is 0. The maximum Gasteiger partial charge on any atom is 0.260 e. The number of hydrogen-bond acceptors (Lipinski definition) is 2. The molecular weight excluding hydrogens is 422 g/mol.